The quantitative estimate of drug-likeness (QED) is 0.790. The van der Waals surface area contributed by atoms with E-state index in [0.29, 0.717) is 12.8 Å². The topological polar surface area (TPSA) is 66.4 Å². The Kier molecular flexibility index (Phi) is 4.78. The van der Waals surface area contributed by atoms with Crippen LogP contribution in [-0.2, 0) is 16.0 Å². The van der Waals surface area contributed by atoms with Gasteiger partial charge >= 0.3 is 5.97 Å². The molecule has 1 aromatic carbocycles. The molecular formula is C17H21NO3. The van der Waals surface area contributed by atoms with E-state index in [0.717, 1.165) is 18.4 Å². The molecule has 4 heteroatoms. The zero-order valence-corrected chi connectivity index (χ0v) is 12.3. The summed E-state index contributed by atoms with van der Waals surface area (Å²) in [6, 6.07) is 8.00. The van der Waals surface area contributed by atoms with E-state index >= 15 is 0 Å². The number of benzene rings is 1. The van der Waals surface area contributed by atoms with Gasteiger partial charge in [-0.15, -0.1) is 0 Å². The first-order chi connectivity index (χ1) is 10.1. The molecule has 1 aliphatic rings. The van der Waals surface area contributed by atoms with Crippen LogP contribution in [0.2, 0.25) is 0 Å². The molecule has 1 aliphatic carbocycles. The third kappa shape index (κ3) is 3.72. The van der Waals surface area contributed by atoms with E-state index in [1.807, 2.05) is 24.3 Å². The van der Waals surface area contributed by atoms with Gasteiger partial charge in [0.2, 0.25) is 5.91 Å². The van der Waals surface area contributed by atoms with Crippen molar-refractivity contribution in [3.63, 3.8) is 0 Å². The Morgan fingerprint density at radius 2 is 1.95 bits per heavy atom. The van der Waals surface area contributed by atoms with Crippen LogP contribution in [0.1, 0.15) is 37.3 Å². The summed E-state index contributed by atoms with van der Waals surface area (Å²) in [6.45, 7) is 2.30. The van der Waals surface area contributed by atoms with Crippen molar-refractivity contribution < 1.29 is 14.7 Å². The van der Waals surface area contributed by atoms with Gasteiger partial charge in [0, 0.05) is 12.6 Å². The van der Waals surface area contributed by atoms with Gasteiger partial charge < -0.3 is 10.4 Å². The van der Waals surface area contributed by atoms with Crippen LogP contribution in [0.15, 0.2) is 30.3 Å². The number of aliphatic carboxylic acids is 1. The summed E-state index contributed by atoms with van der Waals surface area (Å²) < 4.78 is 0. The number of carbonyl (C=O) groups is 2. The van der Waals surface area contributed by atoms with Gasteiger partial charge in [0.05, 0.1) is 5.41 Å². The lowest BCUT2D eigenvalue weighted by Crippen LogP contribution is -2.47. The van der Waals surface area contributed by atoms with E-state index in [4.69, 9.17) is 0 Å². The lowest BCUT2D eigenvalue weighted by Gasteiger charge is -2.37. The second kappa shape index (κ2) is 6.57. The van der Waals surface area contributed by atoms with Gasteiger partial charge in [0.25, 0.3) is 0 Å². The van der Waals surface area contributed by atoms with Crippen molar-refractivity contribution in [2.45, 2.75) is 32.6 Å². The number of carbonyl (C=O) groups excluding carboxylic acids is 1. The van der Waals surface area contributed by atoms with Crippen LogP contribution in [0.3, 0.4) is 0 Å². The maximum absolute atomic E-state index is 11.8. The van der Waals surface area contributed by atoms with Gasteiger partial charge in [-0.25, -0.2) is 0 Å². The number of aryl methyl sites for hydroxylation is 1. The van der Waals surface area contributed by atoms with Crippen molar-refractivity contribution in [1.82, 2.24) is 5.32 Å². The maximum atomic E-state index is 11.8. The van der Waals surface area contributed by atoms with Crippen LogP contribution in [0, 0.1) is 5.41 Å². The smallest absolute Gasteiger partial charge is 0.311 e. The first-order valence-electron chi connectivity index (χ1n) is 7.34. The molecule has 1 saturated carbocycles. The fraction of sp³-hybridized carbons (Fsp3) is 0.412. The third-order valence-corrected chi connectivity index (χ3v) is 4.18. The van der Waals surface area contributed by atoms with Crippen LogP contribution in [-0.4, -0.2) is 23.5 Å². The Balaban J connectivity index is 1.86. The molecule has 0 saturated heterocycles. The van der Waals surface area contributed by atoms with E-state index in [1.54, 1.807) is 6.08 Å². The number of rotatable bonds is 6. The standard InChI is InChI=1S/C17H21NO3/c1-2-13-4-6-14(7-5-13)8-9-15(19)18-12-17(16(20)21)10-3-11-17/h4-9H,2-3,10-12H2,1H3,(H,18,19)(H,20,21)/b9-8+. The summed E-state index contributed by atoms with van der Waals surface area (Å²) in [5.41, 5.74) is 1.47. The fourth-order valence-electron chi connectivity index (χ4n) is 2.42. The van der Waals surface area contributed by atoms with Crippen molar-refractivity contribution in [1.29, 1.82) is 0 Å². The highest BCUT2D eigenvalue weighted by Crippen LogP contribution is 2.40. The minimum atomic E-state index is -0.812. The number of carboxylic acids is 1. The highest BCUT2D eigenvalue weighted by atomic mass is 16.4. The molecule has 0 radical (unpaired) electrons. The van der Waals surface area contributed by atoms with Crippen LogP contribution < -0.4 is 5.32 Å². The molecule has 112 valence electrons. The summed E-state index contributed by atoms with van der Waals surface area (Å²) >= 11 is 0. The number of hydrogen-bond donors (Lipinski definition) is 2. The molecule has 0 heterocycles. The largest absolute Gasteiger partial charge is 0.481 e. The SMILES string of the molecule is CCc1ccc(/C=C/C(=O)NCC2(C(=O)O)CCC2)cc1. The van der Waals surface area contributed by atoms with E-state index < -0.39 is 11.4 Å². The van der Waals surface area contributed by atoms with Crippen molar-refractivity contribution >= 4 is 18.0 Å². The van der Waals surface area contributed by atoms with Crippen molar-refractivity contribution in [3.05, 3.63) is 41.5 Å². The molecule has 1 aromatic rings. The van der Waals surface area contributed by atoms with Crippen molar-refractivity contribution in [2.24, 2.45) is 5.41 Å². The van der Waals surface area contributed by atoms with E-state index in [1.165, 1.54) is 11.6 Å². The van der Waals surface area contributed by atoms with Crippen LogP contribution in [0.4, 0.5) is 0 Å². The summed E-state index contributed by atoms with van der Waals surface area (Å²) in [7, 11) is 0. The normalized spacial score (nSPS) is 16.4. The molecule has 1 fully saturated rings. The summed E-state index contributed by atoms with van der Waals surface area (Å²) in [5.74, 6) is -1.06. The molecule has 0 bridgehead atoms. The maximum Gasteiger partial charge on any atom is 0.311 e. The molecule has 0 atom stereocenters. The predicted octanol–water partition coefficient (Wildman–Crippen LogP) is 2.63. The molecule has 2 rings (SSSR count). The average Bonchev–Trinajstić information content (AvgIpc) is 2.44. The molecule has 0 aromatic heterocycles. The van der Waals surface area contributed by atoms with Gasteiger partial charge in [0.1, 0.15) is 0 Å². The first-order valence-corrected chi connectivity index (χ1v) is 7.34. The number of amides is 1. The fourth-order valence-corrected chi connectivity index (χ4v) is 2.42. The van der Waals surface area contributed by atoms with E-state index in [-0.39, 0.29) is 12.5 Å². The van der Waals surface area contributed by atoms with Crippen LogP contribution >= 0.6 is 0 Å². The minimum Gasteiger partial charge on any atom is -0.481 e. The summed E-state index contributed by atoms with van der Waals surface area (Å²) in [5, 5.41) is 11.9. The molecule has 4 nitrogen and oxygen atoms in total. The zero-order chi connectivity index (χ0) is 15.3. The van der Waals surface area contributed by atoms with Gasteiger partial charge in [0.15, 0.2) is 0 Å². The second-order valence-electron chi connectivity index (χ2n) is 5.59. The number of carboxylic acid groups (broad SMARTS) is 1. The predicted molar refractivity (Wildman–Crippen MR) is 81.8 cm³/mol. The Morgan fingerprint density at radius 3 is 2.43 bits per heavy atom. The molecule has 0 aliphatic heterocycles. The molecule has 21 heavy (non-hydrogen) atoms. The average molecular weight is 287 g/mol. The molecule has 1 amide bonds. The Labute approximate surface area is 124 Å². The number of nitrogens with one attached hydrogen (secondary N) is 1. The van der Waals surface area contributed by atoms with Gasteiger partial charge in [-0.2, -0.15) is 0 Å². The van der Waals surface area contributed by atoms with Crippen molar-refractivity contribution in [2.75, 3.05) is 6.54 Å². The van der Waals surface area contributed by atoms with E-state index in [9.17, 15) is 14.7 Å². The lowest BCUT2D eigenvalue weighted by atomic mass is 9.69. The third-order valence-electron chi connectivity index (χ3n) is 4.18. The van der Waals surface area contributed by atoms with E-state index in [2.05, 4.69) is 12.2 Å². The Hall–Kier alpha value is -2.10. The monoisotopic (exact) mass is 287 g/mol. The molecule has 0 unspecified atom stereocenters. The number of hydrogen-bond acceptors (Lipinski definition) is 2. The Bertz CT molecular complexity index is 542. The highest BCUT2D eigenvalue weighted by molar-refractivity contribution is 5.92. The second-order valence-corrected chi connectivity index (χ2v) is 5.59. The first kappa shape index (κ1) is 15.3. The molecule has 0 spiro atoms. The van der Waals surface area contributed by atoms with Gasteiger partial charge in [-0.05, 0) is 36.5 Å². The van der Waals surface area contributed by atoms with Gasteiger partial charge in [-0.3, -0.25) is 9.59 Å². The van der Waals surface area contributed by atoms with Crippen LogP contribution in [0.25, 0.3) is 6.08 Å². The van der Waals surface area contributed by atoms with Crippen molar-refractivity contribution in [3.8, 4) is 0 Å². The molecule has 2 N–H and O–H groups in total. The lowest BCUT2D eigenvalue weighted by molar-refractivity contribution is -0.154. The highest BCUT2D eigenvalue weighted by Gasteiger charge is 2.44. The Morgan fingerprint density at radius 1 is 1.29 bits per heavy atom. The zero-order valence-electron chi connectivity index (χ0n) is 12.3. The van der Waals surface area contributed by atoms with Gasteiger partial charge in [-0.1, -0.05) is 37.6 Å². The van der Waals surface area contributed by atoms with Crippen LogP contribution in [0.5, 0.6) is 0 Å². The molecular weight excluding hydrogens is 266 g/mol. The summed E-state index contributed by atoms with van der Waals surface area (Å²) in [4.78, 5) is 22.9. The minimum absolute atomic E-state index is 0.209. The summed E-state index contributed by atoms with van der Waals surface area (Å²) in [6.07, 6.45) is 6.39.